The van der Waals surface area contributed by atoms with Crippen LogP contribution in [0.25, 0.3) is 0 Å². The highest BCUT2D eigenvalue weighted by Gasteiger charge is 2.37. The molecule has 0 radical (unpaired) electrons. The number of hydrogen-bond donors (Lipinski definition) is 1. The summed E-state index contributed by atoms with van der Waals surface area (Å²) in [5.41, 5.74) is 6.89. The molecule has 0 spiro atoms. The summed E-state index contributed by atoms with van der Waals surface area (Å²) in [6, 6.07) is 7.79. The molecule has 0 amide bonds. The van der Waals surface area contributed by atoms with Crippen LogP contribution in [0.15, 0.2) is 33.9 Å². The van der Waals surface area contributed by atoms with Crippen LogP contribution in [-0.4, -0.2) is 11.8 Å². The molecule has 21 heavy (non-hydrogen) atoms. The standard InChI is InChI=1S/C16H16BrN3O/c1-9-5-14-16(15(21)6-9)10(2)19-20(14)12-4-3-11(8-18)13(17)7-12/h3-4,7,9-10,19H,5-6H2,1-2H3. The Balaban J connectivity index is 2.02. The van der Waals surface area contributed by atoms with Crippen LogP contribution < -0.4 is 10.4 Å². The van der Waals surface area contributed by atoms with E-state index in [0.717, 1.165) is 27.9 Å². The fourth-order valence-electron chi connectivity index (χ4n) is 3.10. The van der Waals surface area contributed by atoms with E-state index in [1.807, 2.05) is 24.1 Å². The molecule has 1 aliphatic carbocycles. The van der Waals surface area contributed by atoms with Gasteiger partial charge in [0.05, 0.1) is 17.3 Å². The molecular formula is C16H16BrN3O. The Morgan fingerprint density at radius 3 is 2.81 bits per heavy atom. The van der Waals surface area contributed by atoms with Crippen molar-refractivity contribution in [2.75, 3.05) is 5.01 Å². The largest absolute Gasteiger partial charge is 0.294 e. The van der Waals surface area contributed by atoms with Crippen molar-refractivity contribution in [3.63, 3.8) is 0 Å². The van der Waals surface area contributed by atoms with Gasteiger partial charge < -0.3 is 0 Å². The number of benzene rings is 1. The molecular weight excluding hydrogens is 330 g/mol. The number of Topliss-reactive ketones (excluding diaryl/α,β-unsaturated/α-hetero) is 1. The molecule has 5 heteroatoms. The molecule has 2 aliphatic rings. The third-order valence-electron chi connectivity index (χ3n) is 4.04. The van der Waals surface area contributed by atoms with Crippen LogP contribution in [0.3, 0.4) is 0 Å². The molecule has 1 aliphatic heterocycles. The van der Waals surface area contributed by atoms with Gasteiger partial charge in [-0.1, -0.05) is 6.92 Å². The predicted molar refractivity (Wildman–Crippen MR) is 84.4 cm³/mol. The second-order valence-corrected chi connectivity index (χ2v) is 6.61. The molecule has 0 saturated carbocycles. The van der Waals surface area contributed by atoms with Crippen molar-refractivity contribution in [2.45, 2.75) is 32.7 Å². The lowest BCUT2D eigenvalue weighted by Crippen LogP contribution is -2.36. The first-order chi connectivity index (χ1) is 10.0. The average molecular weight is 346 g/mol. The van der Waals surface area contributed by atoms with Crippen molar-refractivity contribution in [3.8, 4) is 6.07 Å². The van der Waals surface area contributed by atoms with Crippen molar-refractivity contribution < 1.29 is 4.79 Å². The number of hydrazine groups is 1. The molecule has 2 unspecified atom stereocenters. The van der Waals surface area contributed by atoms with Gasteiger partial charge in [0.15, 0.2) is 5.78 Å². The lowest BCUT2D eigenvalue weighted by atomic mass is 9.85. The highest BCUT2D eigenvalue weighted by molar-refractivity contribution is 9.10. The van der Waals surface area contributed by atoms with Crippen LogP contribution in [0.5, 0.6) is 0 Å². The average Bonchev–Trinajstić information content (AvgIpc) is 2.75. The summed E-state index contributed by atoms with van der Waals surface area (Å²) in [6.45, 7) is 4.12. The number of nitriles is 1. The number of carbonyl (C=O) groups is 1. The lowest BCUT2D eigenvalue weighted by molar-refractivity contribution is -0.117. The molecule has 1 heterocycles. The van der Waals surface area contributed by atoms with Crippen molar-refractivity contribution in [3.05, 3.63) is 39.5 Å². The van der Waals surface area contributed by atoms with Crippen LogP contribution in [0.4, 0.5) is 5.69 Å². The second-order valence-electron chi connectivity index (χ2n) is 5.76. The third kappa shape index (κ3) is 2.39. The maximum atomic E-state index is 12.3. The Morgan fingerprint density at radius 2 is 2.14 bits per heavy atom. The van der Waals surface area contributed by atoms with Gasteiger partial charge in [-0.25, -0.2) is 5.43 Å². The number of rotatable bonds is 1. The second kappa shape index (κ2) is 5.28. The first kappa shape index (κ1) is 14.3. The van der Waals surface area contributed by atoms with Crippen LogP contribution >= 0.6 is 15.9 Å². The molecule has 1 N–H and O–H groups in total. The van der Waals surface area contributed by atoms with Crippen molar-refractivity contribution in [1.29, 1.82) is 5.26 Å². The number of anilines is 1. The molecule has 4 nitrogen and oxygen atoms in total. The molecule has 1 aromatic carbocycles. The zero-order valence-corrected chi connectivity index (χ0v) is 13.6. The number of ketones is 1. The Labute approximate surface area is 132 Å². The summed E-state index contributed by atoms with van der Waals surface area (Å²) in [6.07, 6.45) is 1.53. The van der Waals surface area contributed by atoms with Gasteiger partial charge >= 0.3 is 0 Å². The third-order valence-corrected chi connectivity index (χ3v) is 4.70. The Kier molecular flexibility index (Phi) is 3.60. The van der Waals surface area contributed by atoms with Gasteiger partial charge in [0.2, 0.25) is 0 Å². The van der Waals surface area contributed by atoms with E-state index in [4.69, 9.17) is 5.26 Å². The molecule has 2 atom stereocenters. The highest BCUT2D eigenvalue weighted by Crippen LogP contribution is 2.37. The van der Waals surface area contributed by atoms with Gasteiger partial charge in [-0.05, 0) is 53.4 Å². The topological polar surface area (TPSA) is 56.1 Å². The van der Waals surface area contributed by atoms with Gasteiger partial charge in [-0.2, -0.15) is 5.26 Å². The molecule has 0 saturated heterocycles. The highest BCUT2D eigenvalue weighted by atomic mass is 79.9. The van der Waals surface area contributed by atoms with Crippen molar-refractivity contribution in [1.82, 2.24) is 5.43 Å². The van der Waals surface area contributed by atoms with E-state index in [0.29, 0.717) is 17.9 Å². The molecule has 0 bridgehead atoms. The van der Waals surface area contributed by atoms with Gasteiger partial charge in [0, 0.05) is 22.2 Å². The molecule has 0 fully saturated rings. The van der Waals surface area contributed by atoms with E-state index in [1.165, 1.54) is 0 Å². The number of carbonyl (C=O) groups excluding carboxylic acids is 1. The van der Waals surface area contributed by atoms with E-state index in [9.17, 15) is 4.79 Å². The SMILES string of the molecule is CC1CC(=O)C2=C(C1)N(c1ccc(C#N)c(Br)c1)NC2C. The number of hydrogen-bond acceptors (Lipinski definition) is 4. The maximum absolute atomic E-state index is 12.3. The monoisotopic (exact) mass is 345 g/mol. The summed E-state index contributed by atoms with van der Waals surface area (Å²) in [5.74, 6) is 0.617. The summed E-state index contributed by atoms with van der Waals surface area (Å²) in [7, 11) is 0. The van der Waals surface area contributed by atoms with Crippen LogP contribution in [-0.2, 0) is 4.79 Å². The number of nitrogens with zero attached hydrogens (tertiary/aromatic N) is 2. The van der Waals surface area contributed by atoms with Crippen LogP contribution in [0.1, 0.15) is 32.3 Å². The molecule has 1 aromatic rings. The zero-order chi connectivity index (χ0) is 15.1. The van der Waals surface area contributed by atoms with Crippen LogP contribution in [0, 0.1) is 17.2 Å². The van der Waals surface area contributed by atoms with E-state index < -0.39 is 0 Å². The lowest BCUT2D eigenvalue weighted by Gasteiger charge is -2.26. The Hall–Kier alpha value is -1.64. The Morgan fingerprint density at radius 1 is 1.38 bits per heavy atom. The summed E-state index contributed by atoms with van der Waals surface area (Å²) in [5, 5.41) is 11.0. The minimum absolute atomic E-state index is 0.0365. The number of halogens is 1. The normalized spacial score (nSPS) is 25.0. The summed E-state index contributed by atoms with van der Waals surface area (Å²) >= 11 is 3.42. The number of nitrogens with one attached hydrogen (secondary N) is 1. The van der Waals surface area contributed by atoms with E-state index in [2.05, 4.69) is 34.3 Å². The van der Waals surface area contributed by atoms with Gasteiger partial charge in [0.1, 0.15) is 6.07 Å². The van der Waals surface area contributed by atoms with Gasteiger partial charge in [-0.15, -0.1) is 0 Å². The van der Waals surface area contributed by atoms with Crippen molar-refractivity contribution in [2.24, 2.45) is 5.92 Å². The first-order valence-corrected chi connectivity index (χ1v) is 7.82. The fraction of sp³-hybridized carbons (Fsp3) is 0.375. The molecule has 3 rings (SSSR count). The zero-order valence-electron chi connectivity index (χ0n) is 12.0. The first-order valence-electron chi connectivity index (χ1n) is 7.03. The quantitative estimate of drug-likeness (QED) is 0.848. The fourth-order valence-corrected chi connectivity index (χ4v) is 3.56. The Bertz CT molecular complexity index is 689. The van der Waals surface area contributed by atoms with Crippen LogP contribution in [0.2, 0.25) is 0 Å². The minimum atomic E-state index is 0.0365. The molecule has 108 valence electrons. The van der Waals surface area contributed by atoms with E-state index >= 15 is 0 Å². The van der Waals surface area contributed by atoms with Gasteiger partial charge in [-0.3, -0.25) is 9.80 Å². The maximum Gasteiger partial charge on any atom is 0.162 e. The summed E-state index contributed by atoms with van der Waals surface area (Å²) < 4.78 is 0.765. The smallest absolute Gasteiger partial charge is 0.162 e. The minimum Gasteiger partial charge on any atom is -0.294 e. The van der Waals surface area contributed by atoms with E-state index in [-0.39, 0.29) is 11.8 Å². The van der Waals surface area contributed by atoms with E-state index in [1.54, 1.807) is 6.07 Å². The summed E-state index contributed by atoms with van der Waals surface area (Å²) in [4.78, 5) is 12.3. The number of allylic oxidation sites excluding steroid dienone is 1. The predicted octanol–water partition coefficient (Wildman–Crippen LogP) is 3.29. The van der Waals surface area contributed by atoms with Crippen molar-refractivity contribution >= 4 is 27.4 Å². The van der Waals surface area contributed by atoms with Gasteiger partial charge in [0.25, 0.3) is 0 Å². The molecule has 0 aromatic heterocycles.